The Hall–Kier alpha value is -2.94. The second-order valence-corrected chi connectivity index (χ2v) is 7.58. The molecule has 0 bridgehead atoms. The molecule has 1 aliphatic rings. The highest BCUT2D eigenvalue weighted by atomic mass is 19.4. The van der Waals surface area contributed by atoms with Crippen LogP contribution in [0.25, 0.3) is 22.3 Å². The molecule has 164 valence electrons. The third-order valence-electron chi connectivity index (χ3n) is 5.56. The van der Waals surface area contributed by atoms with Crippen LogP contribution in [0.2, 0.25) is 0 Å². The highest BCUT2D eigenvalue weighted by molar-refractivity contribution is 5.90. The van der Waals surface area contributed by atoms with Crippen LogP contribution in [0.5, 0.6) is 0 Å². The molecule has 1 aromatic carbocycles. The fraction of sp³-hybridized carbons (Fsp3) is 0.409. The van der Waals surface area contributed by atoms with Crippen LogP contribution in [0.4, 0.5) is 24.7 Å². The Morgan fingerprint density at radius 2 is 1.97 bits per heavy atom. The number of aromatic nitrogens is 3. The summed E-state index contributed by atoms with van der Waals surface area (Å²) in [5.41, 5.74) is 0.466. The Bertz CT molecular complexity index is 1100. The Balaban J connectivity index is 1.94. The smallest absolute Gasteiger partial charge is 0.383 e. The van der Waals surface area contributed by atoms with Crippen LogP contribution in [0, 0.1) is 6.92 Å². The molecule has 1 fully saturated rings. The maximum Gasteiger partial charge on any atom is 0.417 e. The average molecular weight is 431 g/mol. The third-order valence-corrected chi connectivity index (χ3v) is 5.56. The summed E-state index contributed by atoms with van der Waals surface area (Å²) in [4.78, 5) is 15.2. The largest absolute Gasteiger partial charge is 0.417 e. The highest BCUT2D eigenvalue weighted by Gasteiger charge is 2.37. The van der Waals surface area contributed by atoms with Crippen LogP contribution in [0.15, 0.2) is 30.3 Å². The van der Waals surface area contributed by atoms with E-state index in [0.717, 1.165) is 18.9 Å². The average Bonchev–Trinajstić information content (AvgIpc) is 3.19. The van der Waals surface area contributed by atoms with Gasteiger partial charge in [0.15, 0.2) is 5.65 Å². The lowest BCUT2D eigenvalue weighted by atomic mass is 9.99. The molecule has 4 rings (SSSR count). The number of nitrogens with zero attached hydrogens (tertiary/aromatic N) is 4. The molecular weight excluding hydrogens is 407 g/mol. The summed E-state index contributed by atoms with van der Waals surface area (Å²) in [6, 6.07) is 7.64. The van der Waals surface area contributed by atoms with E-state index in [2.05, 4.69) is 20.3 Å². The molecule has 0 aliphatic carbocycles. The quantitative estimate of drug-likeness (QED) is 0.633. The highest BCUT2D eigenvalue weighted by Crippen LogP contribution is 2.43. The molecule has 1 aliphatic heterocycles. The maximum absolute atomic E-state index is 14.0. The molecule has 2 aromatic heterocycles. The number of anilines is 2. The zero-order valence-corrected chi connectivity index (χ0v) is 17.6. The summed E-state index contributed by atoms with van der Waals surface area (Å²) >= 11 is 0. The molecule has 1 saturated heterocycles. The Labute approximate surface area is 178 Å². The number of rotatable bonds is 5. The van der Waals surface area contributed by atoms with Crippen molar-refractivity contribution in [3.05, 3.63) is 41.7 Å². The van der Waals surface area contributed by atoms with Crippen LogP contribution < -0.4 is 10.2 Å². The monoisotopic (exact) mass is 431 g/mol. The summed E-state index contributed by atoms with van der Waals surface area (Å²) in [5.74, 6) is 1.08. The molecular formula is C22H24F3N5O. The third kappa shape index (κ3) is 4.01. The summed E-state index contributed by atoms with van der Waals surface area (Å²) in [6.45, 7) is 2.85. The minimum Gasteiger partial charge on any atom is -0.383 e. The molecule has 1 N–H and O–H groups in total. The number of methoxy groups -OCH3 is 1. The van der Waals surface area contributed by atoms with Crippen LogP contribution in [0.3, 0.4) is 0 Å². The topological polar surface area (TPSA) is 63.2 Å². The van der Waals surface area contributed by atoms with Gasteiger partial charge < -0.3 is 15.0 Å². The number of alkyl halides is 3. The summed E-state index contributed by atoms with van der Waals surface area (Å²) in [7, 11) is 3.34. The first-order valence-corrected chi connectivity index (χ1v) is 10.1. The molecule has 9 heteroatoms. The molecule has 3 aromatic rings. The number of fused-ring (bicyclic) bond motifs is 1. The number of pyridine rings is 1. The van der Waals surface area contributed by atoms with Crippen molar-refractivity contribution in [2.24, 2.45) is 0 Å². The van der Waals surface area contributed by atoms with Crippen LogP contribution >= 0.6 is 0 Å². The Morgan fingerprint density at radius 3 is 2.68 bits per heavy atom. The van der Waals surface area contributed by atoms with Gasteiger partial charge in [0, 0.05) is 32.0 Å². The van der Waals surface area contributed by atoms with E-state index in [9.17, 15) is 13.2 Å². The minimum absolute atomic E-state index is 0.0214. The van der Waals surface area contributed by atoms with E-state index < -0.39 is 11.7 Å². The van der Waals surface area contributed by atoms with E-state index >= 15 is 0 Å². The van der Waals surface area contributed by atoms with Crippen molar-refractivity contribution in [2.45, 2.75) is 32.0 Å². The van der Waals surface area contributed by atoms with Gasteiger partial charge in [-0.25, -0.2) is 15.0 Å². The van der Waals surface area contributed by atoms with Crippen LogP contribution in [-0.2, 0) is 10.9 Å². The molecule has 0 amide bonds. The lowest BCUT2D eigenvalue weighted by Gasteiger charge is -2.29. The first-order valence-electron chi connectivity index (χ1n) is 10.1. The van der Waals surface area contributed by atoms with Gasteiger partial charge in [0.1, 0.15) is 11.6 Å². The number of halogens is 3. The van der Waals surface area contributed by atoms with Crippen molar-refractivity contribution in [3.8, 4) is 11.3 Å². The predicted octanol–water partition coefficient (Wildman–Crippen LogP) is 4.68. The molecule has 0 radical (unpaired) electrons. The lowest BCUT2D eigenvalue weighted by molar-refractivity contribution is -0.137. The first kappa shape index (κ1) is 21.3. The van der Waals surface area contributed by atoms with Gasteiger partial charge in [0.2, 0.25) is 0 Å². The summed E-state index contributed by atoms with van der Waals surface area (Å²) in [6.07, 6.45) is -2.75. The molecule has 0 unspecified atom stereocenters. The SMILES string of the molecule is CNc1nc(C)nc2nc(-c3c(N4CCC[C@H]4COC)cccc3C(F)(F)F)ccc12. The maximum atomic E-state index is 14.0. The fourth-order valence-corrected chi connectivity index (χ4v) is 4.25. The van der Waals surface area contributed by atoms with Gasteiger partial charge in [-0.15, -0.1) is 0 Å². The van der Waals surface area contributed by atoms with E-state index in [1.54, 1.807) is 39.3 Å². The predicted molar refractivity (Wildman–Crippen MR) is 114 cm³/mol. The van der Waals surface area contributed by atoms with E-state index in [4.69, 9.17) is 4.74 Å². The van der Waals surface area contributed by atoms with Gasteiger partial charge in [0.25, 0.3) is 0 Å². The van der Waals surface area contributed by atoms with Gasteiger partial charge in [0.05, 0.1) is 29.3 Å². The van der Waals surface area contributed by atoms with Crippen LogP contribution in [0.1, 0.15) is 24.2 Å². The van der Waals surface area contributed by atoms with Crippen molar-refractivity contribution in [3.63, 3.8) is 0 Å². The molecule has 0 spiro atoms. The van der Waals surface area contributed by atoms with Gasteiger partial charge >= 0.3 is 6.18 Å². The number of nitrogens with one attached hydrogen (secondary N) is 1. The van der Waals surface area contributed by atoms with Crippen molar-refractivity contribution in [1.82, 2.24) is 15.0 Å². The number of aryl methyl sites for hydroxylation is 1. The molecule has 31 heavy (non-hydrogen) atoms. The fourth-order valence-electron chi connectivity index (χ4n) is 4.25. The summed E-state index contributed by atoms with van der Waals surface area (Å²) in [5, 5.41) is 3.64. The van der Waals surface area contributed by atoms with Crippen molar-refractivity contribution < 1.29 is 17.9 Å². The summed E-state index contributed by atoms with van der Waals surface area (Å²) < 4.78 is 47.4. The standard InChI is InChI=1S/C22H24F3N5O/c1-13-27-20(26-2)15-9-10-17(29-21(15)28-13)19-16(22(23,24)25)7-4-8-18(19)30-11-5-6-14(30)12-31-3/h4,7-10,14H,5-6,11-12H2,1-3H3,(H,26,27,28,29)/t14-/m0/s1. The van der Waals surface area contributed by atoms with Crippen molar-refractivity contribution >= 4 is 22.5 Å². The number of ether oxygens (including phenoxy) is 1. The van der Waals surface area contributed by atoms with Crippen LogP contribution in [-0.4, -0.2) is 48.3 Å². The second-order valence-electron chi connectivity index (χ2n) is 7.58. The van der Waals surface area contributed by atoms with E-state index in [0.29, 0.717) is 41.5 Å². The Kier molecular flexibility index (Phi) is 5.70. The minimum atomic E-state index is -4.52. The zero-order valence-electron chi connectivity index (χ0n) is 17.6. The number of benzene rings is 1. The molecule has 0 saturated carbocycles. The van der Waals surface area contributed by atoms with Gasteiger partial charge in [-0.05, 0) is 44.0 Å². The zero-order chi connectivity index (χ0) is 22.2. The van der Waals surface area contributed by atoms with E-state index in [1.165, 1.54) is 6.07 Å². The molecule has 1 atom stereocenters. The molecule has 6 nitrogen and oxygen atoms in total. The van der Waals surface area contributed by atoms with Gasteiger partial charge in [-0.3, -0.25) is 0 Å². The van der Waals surface area contributed by atoms with Crippen molar-refractivity contribution in [2.75, 3.05) is 37.5 Å². The van der Waals surface area contributed by atoms with E-state index in [1.807, 2.05) is 4.90 Å². The Morgan fingerprint density at radius 1 is 1.16 bits per heavy atom. The number of hydrogen-bond donors (Lipinski definition) is 1. The number of hydrogen-bond acceptors (Lipinski definition) is 6. The van der Waals surface area contributed by atoms with Gasteiger partial charge in [-0.2, -0.15) is 13.2 Å². The molecule has 3 heterocycles. The second kappa shape index (κ2) is 8.30. The normalized spacial score (nSPS) is 16.8. The van der Waals surface area contributed by atoms with Crippen molar-refractivity contribution in [1.29, 1.82) is 0 Å². The first-order chi connectivity index (χ1) is 14.8. The lowest BCUT2D eigenvalue weighted by Crippen LogP contribution is -2.33. The van der Waals surface area contributed by atoms with Gasteiger partial charge in [-0.1, -0.05) is 6.07 Å². The van der Waals surface area contributed by atoms with E-state index in [-0.39, 0.29) is 17.3 Å².